The van der Waals surface area contributed by atoms with Crippen molar-refractivity contribution < 1.29 is 28.8 Å². The molecule has 0 saturated heterocycles. The van der Waals surface area contributed by atoms with Crippen LogP contribution in [0.15, 0.2) is 47.3 Å². The molecule has 0 radical (unpaired) electrons. The Bertz CT molecular complexity index is 1260. The van der Waals surface area contributed by atoms with Crippen LogP contribution in [-0.4, -0.2) is 34.7 Å². The van der Waals surface area contributed by atoms with Gasteiger partial charge in [0.15, 0.2) is 11.5 Å². The van der Waals surface area contributed by atoms with Gasteiger partial charge in [0.2, 0.25) is 12.5 Å². The SMILES string of the molecule is COc1ccccc1Cn1c(C2CC2)nc(-c2ccc3c(c2)OCO3)c(OC(=O)O)c1=O. The number of methoxy groups -OCH3 is 1. The molecular weight excluding hydrogens is 416 g/mol. The molecule has 1 aromatic heterocycles. The molecule has 0 bridgehead atoms. The highest BCUT2D eigenvalue weighted by molar-refractivity contribution is 5.73. The summed E-state index contributed by atoms with van der Waals surface area (Å²) in [6.45, 7) is 0.275. The number of aromatic nitrogens is 2. The number of ether oxygens (including phenoxy) is 4. The number of fused-ring (bicyclic) bond motifs is 1. The average molecular weight is 436 g/mol. The maximum Gasteiger partial charge on any atom is 0.511 e. The number of nitrogens with zero attached hydrogens (tertiary/aromatic N) is 2. The van der Waals surface area contributed by atoms with Gasteiger partial charge in [-0.2, -0.15) is 0 Å². The first-order chi connectivity index (χ1) is 15.5. The predicted molar refractivity (Wildman–Crippen MR) is 113 cm³/mol. The van der Waals surface area contributed by atoms with Gasteiger partial charge in [-0.15, -0.1) is 0 Å². The molecular formula is C23H20N2O7. The molecule has 3 aromatic rings. The molecule has 1 fully saturated rings. The smallest absolute Gasteiger partial charge is 0.496 e. The normalized spacial score (nSPS) is 14.3. The molecule has 0 spiro atoms. The lowest BCUT2D eigenvalue weighted by Gasteiger charge is -2.17. The summed E-state index contributed by atoms with van der Waals surface area (Å²) >= 11 is 0. The van der Waals surface area contributed by atoms with Gasteiger partial charge in [0, 0.05) is 17.0 Å². The predicted octanol–water partition coefficient (Wildman–Crippen LogP) is 3.63. The van der Waals surface area contributed by atoms with Crippen LogP contribution in [0.5, 0.6) is 23.0 Å². The van der Waals surface area contributed by atoms with E-state index in [1.807, 2.05) is 18.2 Å². The van der Waals surface area contributed by atoms with Crippen LogP contribution >= 0.6 is 0 Å². The fourth-order valence-electron chi connectivity index (χ4n) is 3.78. The third kappa shape index (κ3) is 3.62. The van der Waals surface area contributed by atoms with Gasteiger partial charge in [0.25, 0.3) is 5.56 Å². The molecule has 0 atom stereocenters. The lowest BCUT2D eigenvalue weighted by atomic mass is 10.1. The molecule has 1 saturated carbocycles. The Labute approximate surface area is 182 Å². The molecule has 164 valence electrons. The highest BCUT2D eigenvalue weighted by atomic mass is 16.7. The van der Waals surface area contributed by atoms with Gasteiger partial charge in [-0.1, -0.05) is 18.2 Å². The Hall–Kier alpha value is -4.01. The van der Waals surface area contributed by atoms with Crippen LogP contribution in [0, 0.1) is 0 Å². The van der Waals surface area contributed by atoms with Crippen molar-refractivity contribution in [3.8, 4) is 34.3 Å². The largest absolute Gasteiger partial charge is 0.511 e. The fraction of sp³-hybridized carbons (Fsp3) is 0.261. The van der Waals surface area contributed by atoms with E-state index in [-0.39, 0.29) is 30.7 Å². The average Bonchev–Trinajstić information content (AvgIpc) is 3.53. The first kappa shape index (κ1) is 19.9. The Balaban J connectivity index is 1.68. The van der Waals surface area contributed by atoms with Crippen molar-refractivity contribution in [1.82, 2.24) is 9.55 Å². The lowest BCUT2D eigenvalue weighted by Crippen LogP contribution is -2.29. The lowest BCUT2D eigenvalue weighted by molar-refractivity contribution is 0.143. The van der Waals surface area contributed by atoms with E-state index in [9.17, 15) is 14.7 Å². The van der Waals surface area contributed by atoms with E-state index in [1.54, 1.807) is 31.4 Å². The van der Waals surface area contributed by atoms with Gasteiger partial charge in [0.1, 0.15) is 17.3 Å². The third-order valence-corrected chi connectivity index (χ3v) is 5.46. The van der Waals surface area contributed by atoms with Crippen molar-refractivity contribution in [2.75, 3.05) is 13.9 Å². The molecule has 0 amide bonds. The highest BCUT2D eigenvalue weighted by Gasteiger charge is 2.32. The summed E-state index contributed by atoms with van der Waals surface area (Å²) in [6, 6.07) is 12.4. The Morgan fingerprint density at radius 3 is 2.72 bits per heavy atom. The van der Waals surface area contributed by atoms with Gasteiger partial charge < -0.3 is 24.1 Å². The zero-order valence-corrected chi connectivity index (χ0v) is 17.2. The first-order valence-corrected chi connectivity index (χ1v) is 10.1. The molecule has 5 rings (SSSR count). The number of carboxylic acid groups (broad SMARTS) is 1. The van der Waals surface area contributed by atoms with Crippen molar-refractivity contribution in [2.24, 2.45) is 0 Å². The van der Waals surface area contributed by atoms with Crippen LogP contribution < -0.4 is 24.5 Å². The van der Waals surface area contributed by atoms with Gasteiger partial charge in [-0.25, -0.2) is 9.78 Å². The molecule has 1 N–H and O–H groups in total. The van der Waals surface area contributed by atoms with Crippen molar-refractivity contribution in [3.63, 3.8) is 0 Å². The van der Waals surface area contributed by atoms with E-state index >= 15 is 0 Å². The van der Waals surface area contributed by atoms with Gasteiger partial charge in [-0.05, 0) is 37.1 Å². The van der Waals surface area contributed by atoms with Crippen LogP contribution in [0.3, 0.4) is 0 Å². The van der Waals surface area contributed by atoms with Crippen LogP contribution in [0.1, 0.15) is 30.1 Å². The van der Waals surface area contributed by atoms with Gasteiger partial charge >= 0.3 is 6.16 Å². The molecule has 9 nitrogen and oxygen atoms in total. The zero-order chi connectivity index (χ0) is 22.2. The highest BCUT2D eigenvalue weighted by Crippen LogP contribution is 2.42. The number of para-hydroxylation sites is 1. The van der Waals surface area contributed by atoms with E-state index in [2.05, 4.69) is 0 Å². The van der Waals surface area contributed by atoms with E-state index in [0.717, 1.165) is 18.4 Å². The van der Waals surface area contributed by atoms with Crippen LogP contribution in [0.25, 0.3) is 11.3 Å². The molecule has 1 aliphatic heterocycles. The maximum absolute atomic E-state index is 13.5. The number of hydrogen-bond donors (Lipinski definition) is 1. The summed E-state index contributed by atoms with van der Waals surface area (Å²) in [4.78, 5) is 29.7. The minimum atomic E-state index is -1.59. The molecule has 2 aromatic carbocycles. The second-order valence-electron chi connectivity index (χ2n) is 7.56. The second kappa shape index (κ2) is 7.92. The van der Waals surface area contributed by atoms with E-state index in [4.69, 9.17) is 23.9 Å². The minimum Gasteiger partial charge on any atom is -0.496 e. The summed E-state index contributed by atoms with van der Waals surface area (Å²) in [5.41, 5.74) is 0.878. The molecule has 0 unspecified atom stereocenters. The standard InChI is InChI=1S/C23H20N2O7/c1-29-16-5-3-2-4-15(16)11-25-21(13-6-7-13)24-19(20(22(25)26)32-23(27)28)14-8-9-17-18(10-14)31-12-30-17/h2-5,8-10,13H,6-7,11-12H2,1H3,(H,27,28). The van der Waals surface area contributed by atoms with E-state index in [1.165, 1.54) is 4.57 Å². The number of benzene rings is 2. The van der Waals surface area contributed by atoms with E-state index < -0.39 is 11.7 Å². The zero-order valence-electron chi connectivity index (χ0n) is 17.2. The Morgan fingerprint density at radius 2 is 1.97 bits per heavy atom. The Kier molecular flexibility index (Phi) is 4.93. The van der Waals surface area contributed by atoms with Crippen LogP contribution in [0.2, 0.25) is 0 Å². The summed E-state index contributed by atoms with van der Waals surface area (Å²) in [6.07, 6.45) is 0.213. The summed E-state index contributed by atoms with van der Waals surface area (Å²) < 4.78 is 22.6. The van der Waals surface area contributed by atoms with Crippen molar-refractivity contribution in [3.05, 3.63) is 64.2 Å². The summed E-state index contributed by atoms with van der Waals surface area (Å²) in [5.74, 6) is 2.05. The molecule has 2 heterocycles. The first-order valence-electron chi connectivity index (χ1n) is 10.1. The fourth-order valence-corrected chi connectivity index (χ4v) is 3.78. The maximum atomic E-state index is 13.5. The minimum absolute atomic E-state index is 0.0958. The quantitative estimate of drug-likeness (QED) is 0.584. The van der Waals surface area contributed by atoms with E-state index in [0.29, 0.717) is 28.6 Å². The summed E-state index contributed by atoms with van der Waals surface area (Å²) in [7, 11) is 1.56. The second-order valence-corrected chi connectivity index (χ2v) is 7.56. The molecule has 9 heteroatoms. The number of carbonyl (C=O) groups is 1. The molecule has 2 aliphatic rings. The third-order valence-electron chi connectivity index (χ3n) is 5.46. The van der Waals surface area contributed by atoms with Crippen LogP contribution in [-0.2, 0) is 6.54 Å². The van der Waals surface area contributed by atoms with Gasteiger partial charge in [-0.3, -0.25) is 9.36 Å². The summed E-state index contributed by atoms with van der Waals surface area (Å²) in [5, 5.41) is 9.31. The van der Waals surface area contributed by atoms with Crippen molar-refractivity contribution >= 4 is 6.16 Å². The van der Waals surface area contributed by atoms with Gasteiger partial charge in [0.05, 0.1) is 13.7 Å². The number of rotatable bonds is 6. The Morgan fingerprint density at radius 1 is 1.19 bits per heavy atom. The number of hydrogen-bond acceptors (Lipinski definition) is 7. The topological polar surface area (TPSA) is 109 Å². The van der Waals surface area contributed by atoms with Crippen molar-refractivity contribution in [1.29, 1.82) is 0 Å². The van der Waals surface area contributed by atoms with Crippen molar-refractivity contribution in [2.45, 2.75) is 25.3 Å². The monoisotopic (exact) mass is 436 g/mol. The molecule has 1 aliphatic carbocycles. The molecule has 32 heavy (non-hydrogen) atoms. The van der Waals surface area contributed by atoms with Crippen LogP contribution in [0.4, 0.5) is 4.79 Å².